The molecule has 2 aromatic rings. The number of carbonyl (C=O) groups is 3. The molecule has 1 aliphatic heterocycles. The van der Waals surface area contributed by atoms with Crippen molar-refractivity contribution in [2.24, 2.45) is 7.05 Å². The molecule has 0 aliphatic carbocycles. The molecule has 0 bridgehead atoms. The fraction of sp³-hybridized carbons (Fsp3) is 0.235. The Morgan fingerprint density at radius 3 is 2.54 bits per heavy atom. The zero-order chi connectivity index (χ0) is 18.7. The van der Waals surface area contributed by atoms with Gasteiger partial charge in [0.15, 0.2) is 6.61 Å². The smallest absolute Gasteiger partial charge is 0.417 e. The van der Waals surface area contributed by atoms with Crippen LogP contribution in [-0.2, 0) is 16.6 Å². The van der Waals surface area contributed by atoms with Gasteiger partial charge in [-0.2, -0.15) is 5.10 Å². The summed E-state index contributed by atoms with van der Waals surface area (Å²) in [6.07, 6.45) is -0.745. The van der Waals surface area contributed by atoms with Gasteiger partial charge in [-0.25, -0.2) is 14.4 Å². The number of nitrogens with zero attached hydrogens (tertiary/aromatic N) is 3. The lowest BCUT2D eigenvalue weighted by Gasteiger charge is -2.22. The third-order valence-electron chi connectivity index (χ3n) is 3.91. The predicted octanol–water partition coefficient (Wildman–Crippen LogP) is 0.230. The highest BCUT2D eigenvalue weighted by molar-refractivity contribution is 5.98. The molecule has 1 aliphatic rings. The second-order valence-corrected chi connectivity index (χ2v) is 5.68. The van der Waals surface area contributed by atoms with Crippen LogP contribution in [0.25, 0.3) is 0 Å². The van der Waals surface area contributed by atoms with Gasteiger partial charge in [0.05, 0.1) is 12.6 Å². The highest BCUT2D eigenvalue weighted by Gasteiger charge is 2.34. The number of carbonyl (C=O) groups excluding carboxylic acids is 3. The molecule has 0 radical (unpaired) electrons. The molecular weight excluding hydrogens is 340 g/mol. The zero-order valence-electron chi connectivity index (χ0n) is 13.9. The van der Waals surface area contributed by atoms with E-state index in [1.807, 2.05) is 6.07 Å². The van der Waals surface area contributed by atoms with E-state index in [9.17, 15) is 19.2 Å². The predicted molar refractivity (Wildman–Crippen MR) is 89.2 cm³/mol. The summed E-state index contributed by atoms with van der Waals surface area (Å²) in [6, 6.07) is 10.8. The molecule has 1 saturated heterocycles. The van der Waals surface area contributed by atoms with Crippen molar-refractivity contribution in [3.63, 3.8) is 0 Å². The third-order valence-corrected chi connectivity index (χ3v) is 3.91. The molecule has 3 amide bonds. The molecule has 1 aromatic carbocycles. The van der Waals surface area contributed by atoms with Gasteiger partial charge >= 0.3 is 6.09 Å². The Morgan fingerprint density at radius 1 is 1.19 bits per heavy atom. The Kier molecular flexibility index (Phi) is 4.78. The van der Waals surface area contributed by atoms with Gasteiger partial charge in [0.2, 0.25) is 0 Å². The molecule has 9 heteroatoms. The molecule has 134 valence electrons. The lowest BCUT2D eigenvalue weighted by atomic mass is 10.1. The maximum atomic E-state index is 12.5. The van der Waals surface area contributed by atoms with E-state index in [0.717, 1.165) is 9.58 Å². The Balaban J connectivity index is 1.84. The Labute approximate surface area is 148 Å². The van der Waals surface area contributed by atoms with Crippen molar-refractivity contribution < 1.29 is 19.1 Å². The number of hydrogen-bond acceptors (Lipinski definition) is 6. The van der Waals surface area contributed by atoms with Crippen molar-refractivity contribution in [3.05, 3.63) is 64.1 Å². The second kappa shape index (κ2) is 7.18. The summed E-state index contributed by atoms with van der Waals surface area (Å²) < 4.78 is 5.76. The molecule has 3 rings (SSSR count). The molecule has 9 nitrogen and oxygen atoms in total. The molecule has 0 spiro atoms. The van der Waals surface area contributed by atoms with Gasteiger partial charge < -0.3 is 10.1 Å². The number of aryl methyl sites for hydroxylation is 1. The number of hydrogen-bond donors (Lipinski definition) is 1. The number of ether oxygens (including phenoxy) is 1. The minimum absolute atomic E-state index is 0.0448. The summed E-state index contributed by atoms with van der Waals surface area (Å²) in [5.74, 6) is -1.00. The van der Waals surface area contributed by atoms with E-state index < -0.39 is 23.9 Å². The van der Waals surface area contributed by atoms with Crippen LogP contribution in [0.4, 0.5) is 4.79 Å². The molecule has 26 heavy (non-hydrogen) atoms. The maximum Gasteiger partial charge on any atom is 0.417 e. The Bertz CT molecular complexity index is 893. The SMILES string of the molecule is Cn1nc(C(=O)NC(CN2C(=O)COC2=O)c2ccccc2)ccc1=O. The normalized spacial score (nSPS) is 14.9. The topological polar surface area (TPSA) is 111 Å². The zero-order valence-corrected chi connectivity index (χ0v) is 13.9. The van der Waals surface area contributed by atoms with Gasteiger partial charge in [-0.1, -0.05) is 30.3 Å². The highest BCUT2D eigenvalue weighted by Crippen LogP contribution is 2.17. The number of aromatic nitrogens is 2. The first-order chi connectivity index (χ1) is 12.5. The van der Waals surface area contributed by atoms with Gasteiger partial charge in [0.25, 0.3) is 17.4 Å². The van der Waals surface area contributed by atoms with Crippen LogP contribution in [0.1, 0.15) is 22.1 Å². The fourth-order valence-corrected chi connectivity index (χ4v) is 2.52. The van der Waals surface area contributed by atoms with E-state index in [-0.39, 0.29) is 24.4 Å². The Hall–Kier alpha value is -3.49. The van der Waals surface area contributed by atoms with Gasteiger partial charge in [-0.05, 0) is 11.6 Å². The van der Waals surface area contributed by atoms with Crippen molar-refractivity contribution in [1.82, 2.24) is 20.0 Å². The summed E-state index contributed by atoms with van der Waals surface area (Å²) in [7, 11) is 1.44. The number of nitrogens with one attached hydrogen (secondary N) is 1. The van der Waals surface area contributed by atoms with Crippen molar-refractivity contribution in [3.8, 4) is 0 Å². The van der Waals surface area contributed by atoms with Crippen LogP contribution in [0.5, 0.6) is 0 Å². The molecule has 1 N–H and O–H groups in total. The summed E-state index contributed by atoms with van der Waals surface area (Å²) >= 11 is 0. The van der Waals surface area contributed by atoms with Crippen molar-refractivity contribution >= 4 is 17.9 Å². The number of amides is 3. The van der Waals surface area contributed by atoms with Crippen LogP contribution in [0.2, 0.25) is 0 Å². The first kappa shape index (κ1) is 17.3. The van der Waals surface area contributed by atoms with E-state index in [4.69, 9.17) is 4.74 Å². The van der Waals surface area contributed by atoms with Crippen LogP contribution in [0, 0.1) is 0 Å². The highest BCUT2D eigenvalue weighted by atomic mass is 16.6. The summed E-state index contributed by atoms with van der Waals surface area (Å²) in [5, 5.41) is 6.65. The quantitative estimate of drug-likeness (QED) is 0.821. The fourth-order valence-electron chi connectivity index (χ4n) is 2.52. The lowest BCUT2D eigenvalue weighted by molar-refractivity contribution is -0.126. The van der Waals surface area contributed by atoms with Crippen LogP contribution in [0.15, 0.2) is 47.3 Å². The van der Waals surface area contributed by atoms with Crippen LogP contribution in [0.3, 0.4) is 0 Å². The van der Waals surface area contributed by atoms with Crippen LogP contribution >= 0.6 is 0 Å². The lowest BCUT2D eigenvalue weighted by Crippen LogP contribution is -2.41. The molecule has 1 fully saturated rings. The average Bonchev–Trinajstić information content (AvgIpc) is 2.96. The molecule has 1 atom stereocenters. The molecule has 0 saturated carbocycles. The first-order valence-corrected chi connectivity index (χ1v) is 7.83. The molecule has 2 heterocycles. The van der Waals surface area contributed by atoms with E-state index in [1.54, 1.807) is 24.3 Å². The van der Waals surface area contributed by atoms with Gasteiger partial charge in [0, 0.05) is 13.1 Å². The summed E-state index contributed by atoms with van der Waals surface area (Å²) in [5.41, 5.74) is 0.410. The first-order valence-electron chi connectivity index (χ1n) is 7.83. The van der Waals surface area contributed by atoms with E-state index in [2.05, 4.69) is 10.4 Å². The third kappa shape index (κ3) is 3.61. The van der Waals surface area contributed by atoms with E-state index in [1.165, 1.54) is 19.2 Å². The summed E-state index contributed by atoms with van der Waals surface area (Å²) in [4.78, 5) is 48.4. The maximum absolute atomic E-state index is 12.5. The number of imide groups is 1. The standard InChI is InChI=1S/C17H16N4O5/c1-20-14(22)8-7-12(19-20)16(24)18-13(11-5-3-2-4-6-11)9-21-15(23)10-26-17(21)25/h2-8,13H,9-10H2,1H3,(H,18,24). The molecular formula is C17H16N4O5. The van der Waals surface area contributed by atoms with E-state index >= 15 is 0 Å². The Morgan fingerprint density at radius 2 is 1.92 bits per heavy atom. The van der Waals surface area contributed by atoms with Gasteiger partial charge in [-0.15, -0.1) is 0 Å². The van der Waals surface area contributed by atoms with Crippen molar-refractivity contribution in [2.45, 2.75) is 6.04 Å². The van der Waals surface area contributed by atoms with Crippen molar-refractivity contribution in [2.75, 3.05) is 13.2 Å². The van der Waals surface area contributed by atoms with E-state index in [0.29, 0.717) is 5.56 Å². The van der Waals surface area contributed by atoms with Gasteiger partial charge in [0.1, 0.15) is 5.69 Å². The largest absolute Gasteiger partial charge is 0.439 e. The second-order valence-electron chi connectivity index (χ2n) is 5.68. The minimum atomic E-state index is -0.745. The molecule has 1 aromatic heterocycles. The van der Waals surface area contributed by atoms with Gasteiger partial charge in [-0.3, -0.25) is 14.4 Å². The van der Waals surface area contributed by atoms with Crippen LogP contribution in [-0.4, -0.2) is 45.7 Å². The minimum Gasteiger partial charge on any atom is -0.439 e. The van der Waals surface area contributed by atoms with Crippen LogP contribution < -0.4 is 10.9 Å². The van der Waals surface area contributed by atoms with Crippen molar-refractivity contribution in [1.29, 1.82) is 0 Å². The molecule has 1 unspecified atom stereocenters. The average molecular weight is 356 g/mol. The monoisotopic (exact) mass is 356 g/mol. The number of rotatable bonds is 5. The summed E-state index contributed by atoms with van der Waals surface area (Å²) in [6.45, 7) is -0.379. The number of benzene rings is 1. The number of cyclic esters (lactones) is 1.